The van der Waals surface area contributed by atoms with Crippen molar-refractivity contribution < 1.29 is 0 Å². The highest BCUT2D eigenvalue weighted by Gasteiger charge is 2.54. The lowest BCUT2D eigenvalue weighted by atomic mass is 9.48. The Labute approximate surface area is 697 Å². The summed E-state index contributed by atoms with van der Waals surface area (Å²) in [6, 6.07) is 0. The van der Waals surface area contributed by atoms with E-state index >= 15 is 0 Å². The molecular weight excluding hydrogens is 1350 g/mol. The van der Waals surface area contributed by atoms with Gasteiger partial charge in [0.25, 0.3) is 0 Å². The highest BCUT2D eigenvalue weighted by molar-refractivity contribution is 5.04. The van der Waals surface area contributed by atoms with E-state index in [0.717, 1.165) is 63.6 Å². The molecule has 0 aliphatic heterocycles. The molecule has 638 valence electrons. The third-order valence-electron chi connectivity index (χ3n) is 43.6. The Morgan fingerprint density at radius 2 is 0.259 bits per heavy atom. The van der Waals surface area contributed by atoms with Crippen molar-refractivity contribution >= 4 is 0 Å². The normalized spacial score (nSPS) is 46.9. The third kappa shape index (κ3) is 20.6. The fourth-order valence-electron chi connectivity index (χ4n) is 36.9. The van der Waals surface area contributed by atoms with E-state index in [1.54, 1.807) is 411 Å². The Morgan fingerprint density at radius 1 is 0.0982 bits per heavy atom. The van der Waals surface area contributed by atoms with Gasteiger partial charge in [0.15, 0.2) is 0 Å². The van der Waals surface area contributed by atoms with Crippen LogP contribution in [0.5, 0.6) is 0 Å². The second-order valence-corrected chi connectivity index (χ2v) is 49.5. The first kappa shape index (κ1) is 82.9. The van der Waals surface area contributed by atoms with Crippen LogP contribution in [-0.4, -0.2) is 0 Å². The molecule has 0 aromatic rings. The fourth-order valence-corrected chi connectivity index (χ4v) is 36.9. The van der Waals surface area contributed by atoms with Crippen molar-refractivity contribution in [3.8, 4) is 0 Å². The molecule has 20 unspecified atom stereocenters. The van der Waals surface area contributed by atoms with Crippen LogP contribution in [0.2, 0.25) is 0 Å². The van der Waals surface area contributed by atoms with Crippen molar-refractivity contribution in [1.29, 1.82) is 0 Å². The lowest BCUT2D eigenvalue weighted by molar-refractivity contribution is -0.0786. The van der Waals surface area contributed by atoms with Gasteiger partial charge in [0.1, 0.15) is 0 Å². The molecule has 0 N–H and O–H groups in total. The van der Waals surface area contributed by atoms with Crippen LogP contribution in [-0.2, 0) is 0 Å². The minimum absolute atomic E-state index is 0.858. The van der Waals surface area contributed by atoms with E-state index in [9.17, 15) is 0 Å². The smallest absolute Gasteiger partial charge is 0.0297 e. The zero-order valence-corrected chi connectivity index (χ0v) is 74.9. The van der Waals surface area contributed by atoms with Crippen LogP contribution in [0, 0.1) is 182 Å². The molecule has 0 heteroatoms. The molecule has 0 saturated heterocycles. The maximum absolute atomic E-state index is 1.64. The van der Waals surface area contributed by atoms with Crippen LogP contribution in [0.1, 0.15) is 520 Å². The molecule has 0 amide bonds. The van der Waals surface area contributed by atoms with Crippen LogP contribution in [0.15, 0.2) is 0 Å². The minimum Gasteiger partial charge on any atom is -0.0533 e. The molecule has 3 spiro atoms. The van der Waals surface area contributed by atoms with Crippen molar-refractivity contribution in [2.24, 2.45) is 182 Å². The first-order valence-corrected chi connectivity index (χ1v) is 55.3. The summed E-state index contributed by atoms with van der Waals surface area (Å²) in [5.41, 5.74) is 2.66. The van der Waals surface area contributed by atoms with Gasteiger partial charge in [-0.1, -0.05) is 257 Å². The molecule has 0 radical (unpaired) electrons. The van der Waals surface area contributed by atoms with E-state index < -0.39 is 0 Å². The number of hydrogen-bond donors (Lipinski definition) is 0. The summed E-state index contributed by atoms with van der Waals surface area (Å²) < 4.78 is 0. The summed E-state index contributed by atoms with van der Waals surface area (Å²) in [5, 5.41) is 0. The van der Waals surface area contributed by atoms with Crippen molar-refractivity contribution in [2.75, 3.05) is 0 Å². The first-order chi connectivity index (χ1) is 55.3. The fraction of sp³-hybridized carbons (Fsp3) is 1.00. The molecule has 31 rings (SSSR count). The predicted molar refractivity (Wildman–Crippen MR) is 479 cm³/mol. The van der Waals surface area contributed by atoms with Gasteiger partial charge in [0, 0.05) is 0 Å². The van der Waals surface area contributed by atoms with E-state index in [4.69, 9.17) is 0 Å². The van der Waals surface area contributed by atoms with Gasteiger partial charge >= 0.3 is 0 Å². The SMILES string of the molecule is C1C2CC1C2.C1CC2CC(C1)C2.C1CC2CC1C2.C1CCC2(CC1)CC2.C1CCC2(CC1)CCCC2.C1CCC2(CC1)CCCCC2.C1CCC2C(C1)CCC1C2CCC2C3CCCCC3CCC21.C1CCC2C(C1)CCC1C3CCCC3CCC21.C1CCC2C(C1)CCC1C3CCCCC3CCC21.C1CCC2CC(C1)C2. The molecule has 31 aliphatic rings. The lowest BCUT2D eigenvalue weighted by Gasteiger charge is -2.57. The van der Waals surface area contributed by atoms with Crippen molar-refractivity contribution in [1.82, 2.24) is 0 Å². The minimum atomic E-state index is 0.858. The van der Waals surface area contributed by atoms with E-state index in [1.165, 1.54) is 228 Å². The topological polar surface area (TPSA) is 0 Å². The Hall–Kier alpha value is 0. The average Bonchev–Trinajstić information content (AvgIpc) is 1.47. The zero-order chi connectivity index (χ0) is 74.9. The van der Waals surface area contributed by atoms with Gasteiger partial charge in [-0.05, 0) is 445 Å². The number of rotatable bonds is 0. The predicted octanol–water partition coefficient (Wildman–Crippen LogP) is 35.0. The van der Waals surface area contributed by atoms with Crippen LogP contribution in [0.3, 0.4) is 0 Å². The summed E-state index contributed by atoms with van der Waals surface area (Å²) in [6.07, 6.45) is 127. The van der Waals surface area contributed by atoms with Crippen LogP contribution < -0.4 is 0 Å². The van der Waals surface area contributed by atoms with Crippen LogP contribution in [0.4, 0.5) is 0 Å². The van der Waals surface area contributed by atoms with Gasteiger partial charge in [-0.25, -0.2) is 0 Å². The second kappa shape index (κ2) is 40.1. The van der Waals surface area contributed by atoms with Crippen molar-refractivity contribution in [3.63, 3.8) is 0 Å². The van der Waals surface area contributed by atoms with Crippen LogP contribution in [0.25, 0.3) is 0 Å². The van der Waals surface area contributed by atoms with E-state index in [0.29, 0.717) is 0 Å². The molecule has 31 fully saturated rings. The molecule has 0 heterocycles. The molecule has 0 aromatic carbocycles. The van der Waals surface area contributed by atoms with Gasteiger partial charge in [-0.2, -0.15) is 0 Å². The van der Waals surface area contributed by atoms with Gasteiger partial charge in [-0.15, -0.1) is 0 Å². The molecule has 31 aliphatic carbocycles. The summed E-state index contributed by atoms with van der Waals surface area (Å²) in [6.45, 7) is 0. The Bertz CT molecular complexity index is 2540. The lowest BCUT2D eigenvalue weighted by Crippen LogP contribution is -2.49. The molecule has 0 aromatic heterocycles. The number of fused-ring (bicyclic) bond motifs is 23. The van der Waals surface area contributed by atoms with E-state index in [1.807, 2.05) is 0 Å². The summed E-state index contributed by atoms with van der Waals surface area (Å²) >= 11 is 0. The Morgan fingerprint density at radius 3 is 0.473 bits per heavy atom. The summed E-state index contributed by atoms with van der Waals surface area (Å²) in [7, 11) is 0. The molecular formula is C112H190. The molecule has 31 saturated carbocycles. The van der Waals surface area contributed by atoms with E-state index in [2.05, 4.69) is 0 Å². The highest BCUT2D eigenvalue weighted by atomic mass is 14.6. The monoisotopic (exact) mass is 1540 g/mol. The van der Waals surface area contributed by atoms with Gasteiger partial charge in [0.05, 0.1) is 0 Å². The molecule has 112 heavy (non-hydrogen) atoms. The number of hydrogen-bond acceptors (Lipinski definition) is 0. The third-order valence-corrected chi connectivity index (χ3v) is 43.6. The van der Waals surface area contributed by atoms with Gasteiger partial charge in [-0.3, -0.25) is 0 Å². The summed E-state index contributed by atoms with van der Waals surface area (Å²) in [5.74, 6) is 32.8. The first-order valence-electron chi connectivity index (χ1n) is 55.3. The standard InChI is InChI=1S/C22H36.C18H30.C17H28.C11H20.C10H18.2C8H14.C7H12.C6H10.C5H8/c1-3-7-17-15(5-1)9-11-21-19(17)13-14-20-18-8-4-2-6-16(18)10-12-22(20)21;1-3-7-15-13(5-1)9-11-18-16-8-4-2-6-14(16)10-12-17(15)18;1-2-6-14-12(4-1)8-10-17-15-7-3-5-13(15)9-11-16(14)17;1-3-7-11(8-4-1)9-5-2-6-10-11;1-2-6-10(7-3-1)8-4-5-9-10;1-2-4-8-5-7(3-1)6-8;1-2-4-8(5-3-1)6-7-8;1-2-6-4-7(3-1)5-6;1-2-6-3-5(1)4-6;1-4-2-5(1)3-4/h15-22H,1-14H2;13-18H,1-12H2;12-17H,1-11H2;1-10H2;1-9H2;7-8H,1-6H2;1-7H2;6-7H,1-5H2;5-6H,1-4H2;4-5H,1-3H2. The molecule has 20 atom stereocenters. The average molecular weight is 1540 g/mol. The van der Waals surface area contributed by atoms with Crippen molar-refractivity contribution in [2.45, 2.75) is 520 Å². The molecule has 8 bridgehead atoms. The Kier molecular flexibility index (Phi) is 29.7. The maximum atomic E-state index is 1.64. The highest BCUT2D eigenvalue weighted by Crippen LogP contribution is 2.64. The quantitative estimate of drug-likeness (QED) is 0.227. The van der Waals surface area contributed by atoms with E-state index in [-0.39, 0.29) is 0 Å². The second-order valence-electron chi connectivity index (χ2n) is 49.5. The van der Waals surface area contributed by atoms with Crippen LogP contribution >= 0.6 is 0 Å². The van der Waals surface area contributed by atoms with Crippen molar-refractivity contribution in [3.05, 3.63) is 0 Å². The maximum Gasteiger partial charge on any atom is -0.0297 e. The van der Waals surface area contributed by atoms with Gasteiger partial charge < -0.3 is 0 Å². The zero-order valence-electron chi connectivity index (χ0n) is 74.9. The Balaban J connectivity index is 0.0000000897. The summed E-state index contributed by atoms with van der Waals surface area (Å²) in [4.78, 5) is 0. The van der Waals surface area contributed by atoms with Gasteiger partial charge in [0.2, 0.25) is 0 Å². The largest absolute Gasteiger partial charge is 0.0533 e. The molecule has 0 nitrogen and oxygen atoms in total.